The molecule has 0 saturated carbocycles. The highest BCUT2D eigenvalue weighted by molar-refractivity contribution is 7.80. The van der Waals surface area contributed by atoms with Gasteiger partial charge in [-0.25, -0.2) is 0 Å². The van der Waals surface area contributed by atoms with Gasteiger partial charge in [-0.2, -0.15) is 5.10 Å². The summed E-state index contributed by atoms with van der Waals surface area (Å²) in [5, 5.41) is 10.9. The van der Waals surface area contributed by atoms with Crippen LogP contribution in [-0.4, -0.2) is 22.0 Å². The van der Waals surface area contributed by atoms with E-state index in [1.54, 1.807) is 18.0 Å². The maximum Gasteiger partial charge on any atom is 0.175 e. The van der Waals surface area contributed by atoms with E-state index < -0.39 is 0 Å². The molecule has 0 radical (unpaired) electrons. The molecule has 6 heteroatoms. The number of aromatic nitrogens is 2. The lowest BCUT2D eigenvalue weighted by atomic mass is 10.3. The number of nitrogens with zero attached hydrogens (tertiary/aromatic N) is 2. The lowest BCUT2D eigenvalue weighted by Crippen LogP contribution is -2.19. The van der Waals surface area contributed by atoms with Crippen molar-refractivity contribution in [2.24, 2.45) is 7.05 Å². The Balaban J connectivity index is 1.99. The van der Waals surface area contributed by atoms with E-state index in [4.69, 9.17) is 17.0 Å². The van der Waals surface area contributed by atoms with E-state index in [0.29, 0.717) is 5.11 Å². The maximum atomic E-state index is 5.26. The normalized spacial score (nSPS) is 10.1. The smallest absolute Gasteiger partial charge is 0.175 e. The van der Waals surface area contributed by atoms with E-state index in [1.165, 1.54) is 0 Å². The Morgan fingerprint density at radius 1 is 1.26 bits per heavy atom. The summed E-state index contributed by atoms with van der Waals surface area (Å²) >= 11 is 5.26. The first-order chi connectivity index (χ1) is 9.10. The summed E-state index contributed by atoms with van der Waals surface area (Å²) in [5.74, 6) is 0.813. The second-order valence-electron chi connectivity index (χ2n) is 4.07. The third-order valence-electron chi connectivity index (χ3n) is 2.83. The lowest BCUT2D eigenvalue weighted by molar-refractivity contribution is 0.415. The number of aryl methyl sites for hydroxylation is 1. The van der Waals surface area contributed by atoms with Crippen molar-refractivity contribution in [3.05, 3.63) is 36.2 Å². The molecule has 2 rings (SSSR count). The van der Waals surface area contributed by atoms with E-state index in [2.05, 4.69) is 15.7 Å². The molecule has 5 nitrogen and oxygen atoms in total. The predicted octanol–water partition coefficient (Wildman–Crippen LogP) is 2.55. The van der Waals surface area contributed by atoms with Crippen LogP contribution in [0, 0.1) is 6.92 Å². The summed E-state index contributed by atoms with van der Waals surface area (Å²) < 4.78 is 6.89. The van der Waals surface area contributed by atoms with Crippen LogP contribution in [0.5, 0.6) is 5.75 Å². The highest BCUT2D eigenvalue weighted by Gasteiger charge is 2.05. The van der Waals surface area contributed by atoms with Crippen LogP contribution in [0.4, 0.5) is 11.4 Å². The molecule has 2 aromatic rings. The van der Waals surface area contributed by atoms with Crippen molar-refractivity contribution in [2.75, 3.05) is 17.7 Å². The summed E-state index contributed by atoms with van der Waals surface area (Å²) in [6.45, 7) is 1.98. The van der Waals surface area contributed by atoms with Crippen LogP contribution < -0.4 is 15.4 Å². The quantitative estimate of drug-likeness (QED) is 0.844. The number of anilines is 2. The van der Waals surface area contributed by atoms with E-state index in [9.17, 15) is 0 Å². The molecule has 1 aromatic carbocycles. The van der Waals surface area contributed by atoms with E-state index in [-0.39, 0.29) is 0 Å². The third-order valence-corrected chi connectivity index (χ3v) is 3.04. The summed E-state index contributed by atoms with van der Waals surface area (Å²) in [6.07, 6.45) is 1.75. The highest BCUT2D eigenvalue weighted by atomic mass is 32.1. The maximum absolute atomic E-state index is 5.26. The van der Waals surface area contributed by atoms with Crippen molar-refractivity contribution in [3.63, 3.8) is 0 Å². The molecule has 19 heavy (non-hydrogen) atoms. The minimum Gasteiger partial charge on any atom is -0.497 e. The van der Waals surface area contributed by atoms with Gasteiger partial charge in [-0.05, 0) is 43.4 Å². The van der Waals surface area contributed by atoms with Gasteiger partial charge in [0.15, 0.2) is 5.11 Å². The minimum atomic E-state index is 0.529. The van der Waals surface area contributed by atoms with Crippen molar-refractivity contribution in [3.8, 4) is 5.75 Å². The molecule has 0 aliphatic heterocycles. The van der Waals surface area contributed by atoms with Crippen LogP contribution in [0.2, 0.25) is 0 Å². The second kappa shape index (κ2) is 5.71. The molecule has 1 aromatic heterocycles. The fraction of sp³-hybridized carbons (Fsp3) is 0.231. The Morgan fingerprint density at radius 3 is 2.47 bits per heavy atom. The summed E-state index contributed by atoms with van der Waals surface area (Å²) in [4.78, 5) is 0. The van der Waals surface area contributed by atoms with Gasteiger partial charge in [-0.1, -0.05) is 0 Å². The Bertz CT molecular complexity index is 577. The SMILES string of the molecule is COc1ccc(NC(=S)Nc2cnn(C)c2C)cc1. The van der Waals surface area contributed by atoms with Crippen molar-refractivity contribution < 1.29 is 4.74 Å². The first-order valence-corrected chi connectivity index (χ1v) is 6.21. The van der Waals surface area contributed by atoms with Gasteiger partial charge in [0.05, 0.1) is 24.7 Å². The highest BCUT2D eigenvalue weighted by Crippen LogP contribution is 2.16. The first kappa shape index (κ1) is 13.4. The zero-order valence-electron chi connectivity index (χ0n) is 11.1. The van der Waals surface area contributed by atoms with Crippen LogP contribution in [-0.2, 0) is 7.05 Å². The van der Waals surface area contributed by atoms with Crippen molar-refractivity contribution in [1.82, 2.24) is 9.78 Å². The van der Waals surface area contributed by atoms with Crippen molar-refractivity contribution in [1.29, 1.82) is 0 Å². The monoisotopic (exact) mass is 276 g/mol. The van der Waals surface area contributed by atoms with E-state index in [1.807, 2.05) is 38.2 Å². The molecule has 0 aliphatic rings. The first-order valence-electron chi connectivity index (χ1n) is 5.81. The average molecular weight is 276 g/mol. The van der Waals surface area contributed by atoms with Crippen LogP contribution in [0.1, 0.15) is 5.69 Å². The van der Waals surface area contributed by atoms with Gasteiger partial charge in [0.1, 0.15) is 5.75 Å². The lowest BCUT2D eigenvalue weighted by Gasteiger charge is -2.10. The van der Waals surface area contributed by atoms with Crippen LogP contribution >= 0.6 is 12.2 Å². The zero-order chi connectivity index (χ0) is 13.8. The minimum absolute atomic E-state index is 0.529. The van der Waals surface area contributed by atoms with Gasteiger partial charge in [0.2, 0.25) is 0 Å². The number of rotatable bonds is 3. The van der Waals surface area contributed by atoms with Gasteiger partial charge < -0.3 is 15.4 Å². The summed E-state index contributed by atoms with van der Waals surface area (Å²) in [6, 6.07) is 7.56. The fourth-order valence-electron chi connectivity index (χ4n) is 1.58. The van der Waals surface area contributed by atoms with Gasteiger partial charge in [-0.3, -0.25) is 4.68 Å². The van der Waals surface area contributed by atoms with Gasteiger partial charge in [0, 0.05) is 12.7 Å². The van der Waals surface area contributed by atoms with Gasteiger partial charge in [0.25, 0.3) is 0 Å². The molecule has 2 N–H and O–H groups in total. The molecule has 0 bridgehead atoms. The number of hydrogen-bond acceptors (Lipinski definition) is 3. The number of thiocarbonyl (C=S) groups is 1. The van der Waals surface area contributed by atoms with E-state index in [0.717, 1.165) is 22.8 Å². The number of benzene rings is 1. The summed E-state index contributed by atoms with van der Waals surface area (Å²) in [7, 11) is 3.53. The average Bonchev–Trinajstić information content (AvgIpc) is 2.71. The number of methoxy groups -OCH3 is 1. The molecular formula is C13H16N4OS. The van der Waals surface area contributed by atoms with Crippen LogP contribution in [0.25, 0.3) is 0 Å². The Morgan fingerprint density at radius 2 is 1.95 bits per heavy atom. The van der Waals surface area contributed by atoms with Crippen LogP contribution in [0.3, 0.4) is 0 Å². The van der Waals surface area contributed by atoms with Crippen molar-refractivity contribution in [2.45, 2.75) is 6.92 Å². The Hall–Kier alpha value is -2.08. The fourth-order valence-corrected chi connectivity index (χ4v) is 1.81. The summed E-state index contributed by atoms with van der Waals surface area (Å²) in [5.41, 5.74) is 2.83. The van der Waals surface area contributed by atoms with Crippen molar-refractivity contribution >= 4 is 28.7 Å². The topological polar surface area (TPSA) is 51.1 Å². The molecular weight excluding hydrogens is 260 g/mol. The second-order valence-corrected chi connectivity index (χ2v) is 4.48. The molecule has 0 spiro atoms. The molecule has 0 unspecified atom stereocenters. The molecule has 1 heterocycles. The molecule has 0 fully saturated rings. The van der Waals surface area contributed by atoms with Crippen LogP contribution in [0.15, 0.2) is 30.5 Å². The third kappa shape index (κ3) is 3.23. The predicted molar refractivity (Wildman–Crippen MR) is 80.8 cm³/mol. The molecule has 0 atom stereocenters. The Labute approximate surface area is 117 Å². The largest absolute Gasteiger partial charge is 0.497 e. The number of hydrogen-bond donors (Lipinski definition) is 2. The van der Waals surface area contributed by atoms with Gasteiger partial charge >= 0.3 is 0 Å². The standard InChI is InChI=1S/C13H16N4OS/c1-9-12(8-14-17(9)2)16-13(19)15-10-4-6-11(18-3)7-5-10/h4-8H,1-3H3,(H2,15,16,19). The number of ether oxygens (including phenoxy) is 1. The zero-order valence-corrected chi connectivity index (χ0v) is 11.9. The number of nitrogens with one attached hydrogen (secondary N) is 2. The van der Waals surface area contributed by atoms with E-state index >= 15 is 0 Å². The van der Waals surface area contributed by atoms with Gasteiger partial charge in [-0.15, -0.1) is 0 Å². The molecule has 0 saturated heterocycles. The Kier molecular flexibility index (Phi) is 4.01. The molecule has 0 amide bonds. The molecule has 0 aliphatic carbocycles. The molecule has 100 valence electrons.